The van der Waals surface area contributed by atoms with Crippen LogP contribution in [0.3, 0.4) is 0 Å². The van der Waals surface area contributed by atoms with Crippen LogP contribution in [0.1, 0.15) is 5.82 Å². The van der Waals surface area contributed by atoms with Gasteiger partial charge in [-0.2, -0.15) is 13.7 Å². The second kappa shape index (κ2) is 5.49. The average molecular weight is 278 g/mol. The maximum Gasteiger partial charge on any atom is 0.311 e. The van der Waals surface area contributed by atoms with Crippen molar-refractivity contribution in [2.75, 3.05) is 5.75 Å². The Hall–Kier alpha value is -2.40. The number of rotatable bonds is 5. The Morgan fingerprint density at radius 1 is 1.32 bits per heavy atom. The Balaban J connectivity index is 1.96. The van der Waals surface area contributed by atoms with E-state index in [1.165, 1.54) is 11.0 Å². The number of para-hydroxylation sites is 1. The molecule has 2 aromatic rings. The SMILES string of the molecule is N#Cc1ncn(CCS(=O)(=O)Oc2ccccc2)n1. The van der Waals surface area contributed by atoms with E-state index in [1.54, 1.807) is 36.4 Å². The summed E-state index contributed by atoms with van der Waals surface area (Å²) in [5, 5.41) is 12.3. The summed E-state index contributed by atoms with van der Waals surface area (Å²) in [6, 6.07) is 10.00. The number of hydrogen-bond acceptors (Lipinski definition) is 6. The van der Waals surface area contributed by atoms with E-state index < -0.39 is 10.1 Å². The van der Waals surface area contributed by atoms with Crippen molar-refractivity contribution in [2.45, 2.75) is 6.54 Å². The summed E-state index contributed by atoms with van der Waals surface area (Å²) in [6.07, 6.45) is 1.30. The summed E-state index contributed by atoms with van der Waals surface area (Å²) in [6.45, 7) is 0.0733. The summed E-state index contributed by atoms with van der Waals surface area (Å²) in [5.74, 6) is 0.0102. The van der Waals surface area contributed by atoms with Gasteiger partial charge in [0.25, 0.3) is 5.82 Å². The van der Waals surface area contributed by atoms with Crippen molar-refractivity contribution < 1.29 is 12.6 Å². The van der Waals surface area contributed by atoms with Crippen LogP contribution in [0, 0.1) is 11.3 Å². The predicted octanol–water partition coefficient (Wildman–Crippen LogP) is 0.559. The van der Waals surface area contributed by atoms with Crippen molar-refractivity contribution in [3.63, 3.8) is 0 Å². The third kappa shape index (κ3) is 3.79. The van der Waals surface area contributed by atoms with Gasteiger partial charge in [0.05, 0.1) is 6.54 Å². The molecule has 0 fully saturated rings. The van der Waals surface area contributed by atoms with Crippen molar-refractivity contribution in [3.05, 3.63) is 42.5 Å². The van der Waals surface area contributed by atoms with Gasteiger partial charge in [-0.25, -0.2) is 4.98 Å². The molecule has 0 aliphatic rings. The number of aromatic nitrogens is 3. The Bertz CT molecular complexity index is 688. The third-order valence-corrected chi connectivity index (χ3v) is 3.30. The third-order valence-electron chi connectivity index (χ3n) is 2.17. The largest absolute Gasteiger partial charge is 0.382 e. The molecule has 0 bridgehead atoms. The molecule has 0 spiro atoms. The highest BCUT2D eigenvalue weighted by Gasteiger charge is 2.13. The van der Waals surface area contributed by atoms with Crippen LogP contribution in [0.5, 0.6) is 5.75 Å². The molecule has 1 aromatic carbocycles. The summed E-state index contributed by atoms with van der Waals surface area (Å²) in [4.78, 5) is 3.67. The van der Waals surface area contributed by atoms with Crippen LogP contribution in [-0.2, 0) is 16.7 Å². The van der Waals surface area contributed by atoms with Gasteiger partial charge in [-0.3, -0.25) is 4.68 Å². The first-order valence-corrected chi connectivity index (χ1v) is 6.93. The van der Waals surface area contributed by atoms with Crippen LogP contribution in [0.25, 0.3) is 0 Å². The van der Waals surface area contributed by atoms with Gasteiger partial charge in [-0.15, -0.1) is 5.10 Å². The van der Waals surface area contributed by atoms with Gasteiger partial charge in [0.15, 0.2) is 0 Å². The molecule has 0 radical (unpaired) electrons. The van der Waals surface area contributed by atoms with E-state index in [9.17, 15) is 8.42 Å². The second-order valence-corrected chi connectivity index (χ2v) is 5.29. The zero-order chi connectivity index (χ0) is 13.7. The summed E-state index contributed by atoms with van der Waals surface area (Å²) < 4.78 is 29.6. The molecule has 98 valence electrons. The molecule has 1 heterocycles. The lowest BCUT2D eigenvalue weighted by molar-refractivity contribution is 0.478. The Morgan fingerprint density at radius 3 is 2.68 bits per heavy atom. The Kier molecular flexibility index (Phi) is 3.77. The molecule has 7 nitrogen and oxygen atoms in total. The average Bonchev–Trinajstić information content (AvgIpc) is 2.85. The van der Waals surface area contributed by atoms with E-state index >= 15 is 0 Å². The zero-order valence-electron chi connectivity index (χ0n) is 9.80. The van der Waals surface area contributed by atoms with Crippen LogP contribution >= 0.6 is 0 Å². The van der Waals surface area contributed by atoms with Gasteiger partial charge < -0.3 is 4.18 Å². The quantitative estimate of drug-likeness (QED) is 0.741. The highest BCUT2D eigenvalue weighted by Crippen LogP contribution is 2.11. The molecule has 0 atom stereocenters. The second-order valence-electron chi connectivity index (χ2n) is 3.60. The first kappa shape index (κ1) is 13.0. The molecule has 0 aliphatic heterocycles. The predicted molar refractivity (Wildman–Crippen MR) is 65.6 cm³/mol. The fourth-order valence-corrected chi connectivity index (χ4v) is 2.22. The molecule has 8 heteroatoms. The van der Waals surface area contributed by atoms with Gasteiger partial charge in [0.2, 0.25) is 0 Å². The first-order valence-electron chi connectivity index (χ1n) is 5.36. The Morgan fingerprint density at radius 2 is 2.05 bits per heavy atom. The van der Waals surface area contributed by atoms with Gasteiger partial charge in [-0.05, 0) is 12.1 Å². The summed E-state index contributed by atoms with van der Waals surface area (Å²) in [7, 11) is -3.70. The molecule has 1 aromatic heterocycles. The molecule has 0 amide bonds. The van der Waals surface area contributed by atoms with E-state index in [0.717, 1.165) is 0 Å². The van der Waals surface area contributed by atoms with E-state index in [-0.39, 0.29) is 23.9 Å². The molecule has 0 N–H and O–H groups in total. The molecule has 0 saturated heterocycles. The summed E-state index contributed by atoms with van der Waals surface area (Å²) >= 11 is 0. The standard InChI is InChI=1S/C11H10N4O3S/c12-8-11-13-9-15(14-11)6-7-19(16,17)18-10-4-2-1-3-5-10/h1-5,9H,6-7H2. The van der Waals surface area contributed by atoms with E-state index in [2.05, 4.69) is 10.1 Å². The lowest BCUT2D eigenvalue weighted by atomic mass is 10.3. The van der Waals surface area contributed by atoms with E-state index in [4.69, 9.17) is 9.44 Å². The van der Waals surface area contributed by atoms with E-state index in [1.807, 2.05) is 0 Å². The highest BCUT2D eigenvalue weighted by atomic mass is 32.2. The number of hydrogen-bond donors (Lipinski definition) is 0. The molecule has 0 saturated carbocycles. The number of benzene rings is 1. The smallest absolute Gasteiger partial charge is 0.311 e. The normalized spacial score (nSPS) is 10.9. The van der Waals surface area contributed by atoms with E-state index in [0.29, 0.717) is 0 Å². The lowest BCUT2D eigenvalue weighted by Gasteiger charge is -2.06. The van der Waals surface area contributed by atoms with Crippen molar-refractivity contribution in [1.29, 1.82) is 5.26 Å². The number of nitrogens with zero attached hydrogens (tertiary/aromatic N) is 4. The zero-order valence-corrected chi connectivity index (χ0v) is 10.6. The monoisotopic (exact) mass is 278 g/mol. The molecular weight excluding hydrogens is 268 g/mol. The van der Waals surface area contributed by atoms with Crippen molar-refractivity contribution >= 4 is 10.1 Å². The van der Waals surface area contributed by atoms with Crippen molar-refractivity contribution in [3.8, 4) is 11.8 Å². The van der Waals surface area contributed by atoms with Crippen LogP contribution in [0.2, 0.25) is 0 Å². The number of nitriles is 1. The molecular formula is C11H10N4O3S. The molecule has 0 aliphatic carbocycles. The van der Waals surface area contributed by atoms with Crippen LogP contribution in [-0.4, -0.2) is 28.9 Å². The molecule has 0 unspecified atom stereocenters. The van der Waals surface area contributed by atoms with Crippen LogP contribution in [0.4, 0.5) is 0 Å². The fourth-order valence-electron chi connectivity index (χ4n) is 1.32. The topological polar surface area (TPSA) is 97.9 Å². The van der Waals surface area contributed by atoms with Gasteiger partial charge in [0.1, 0.15) is 23.9 Å². The summed E-state index contributed by atoms with van der Waals surface area (Å²) in [5.41, 5.74) is 0. The minimum absolute atomic E-state index is 0.00127. The number of aryl methyl sites for hydroxylation is 1. The Labute approximate surface area is 110 Å². The van der Waals surface area contributed by atoms with Gasteiger partial charge in [0, 0.05) is 0 Å². The maximum absolute atomic E-state index is 11.7. The minimum atomic E-state index is -3.70. The maximum atomic E-state index is 11.7. The minimum Gasteiger partial charge on any atom is -0.382 e. The van der Waals surface area contributed by atoms with Gasteiger partial charge >= 0.3 is 10.1 Å². The van der Waals surface area contributed by atoms with Gasteiger partial charge in [-0.1, -0.05) is 18.2 Å². The van der Waals surface area contributed by atoms with Crippen LogP contribution in [0.15, 0.2) is 36.7 Å². The van der Waals surface area contributed by atoms with Crippen LogP contribution < -0.4 is 4.18 Å². The molecule has 19 heavy (non-hydrogen) atoms. The first-order chi connectivity index (χ1) is 9.09. The van der Waals surface area contributed by atoms with Crippen molar-refractivity contribution in [2.24, 2.45) is 0 Å². The fraction of sp³-hybridized carbons (Fsp3) is 0.182. The molecule has 2 rings (SSSR count). The highest BCUT2D eigenvalue weighted by molar-refractivity contribution is 7.87. The van der Waals surface area contributed by atoms with Crippen molar-refractivity contribution in [1.82, 2.24) is 14.8 Å². The lowest BCUT2D eigenvalue weighted by Crippen LogP contribution is -2.18.